The molecule has 0 saturated heterocycles. The van der Waals surface area contributed by atoms with Gasteiger partial charge in [-0.05, 0) is 12.8 Å². The van der Waals surface area contributed by atoms with E-state index in [1.165, 1.54) is 5.32 Å². The minimum atomic E-state index is -6.56. The molecule has 0 spiro atoms. The van der Waals surface area contributed by atoms with Gasteiger partial charge in [-0.15, -0.1) is 0 Å². The van der Waals surface area contributed by atoms with Gasteiger partial charge < -0.3 is 10.4 Å². The van der Waals surface area contributed by atoms with Crippen LogP contribution < -0.4 is 5.32 Å². The van der Waals surface area contributed by atoms with Crippen molar-refractivity contribution in [1.82, 2.24) is 5.32 Å². The maximum absolute atomic E-state index is 13.0. The maximum atomic E-state index is 13.0. The Bertz CT molecular complexity index is 369. The van der Waals surface area contributed by atoms with Crippen molar-refractivity contribution >= 4 is 5.91 Å². The van der Waals surface area contributed by atoms with Gasteiger partial charge in [-0.25, -0.2) is 0 Å². The van der Waals surface area contributed by atoms with Crippen LogP contribution in [-0.4, -0.2) is 41.2 Å². The van der Waals surface area contributed by atoms with E-state index in [2.05, 4.69) is 0 Å². The van der Waals surface area contributed by atoms with Crippen LogP contribution in [0.15, 0.2) is 0 Å². The van der Waals surface area contributed by atoms with E-state index in [9.17, 15) is 40.6 Å². The first kappa shape index (κ1) is 17.0. The van der Waals surface area contributed by atoms with Crippen molar-refractivity contribution in [2.75, 3.05) is 0 Å². The minimum Gasteiger partial charge on any atom is -0.391 e. The first-order valence-corrected chi connectivity index (χ1v) is 5.72. The van der Waals surface area contributed by atoms with Gasteiger partial charge in [0.15, 0.2) is 0 Å². The molecule has 3 nitrogen and oxygen atoms in total. The third-order valence-corrected chi connectivity index (χ3v) is 3.08. The quantitative estimate of drug-likeness (QED) is 0.785. The summed E-state index contributed by atoms with van der Waals surface area (Å²) in [5.41, 5.74) is 0. The van der Waals surface area contributed by atoms with Crippen molar-refractivity contribution in [1.29, 1.82) is 0 Å². The summed E-state index contributed by atoms with van der Waals surface area (Å²) in [6.07, 6.45) is -6.65. The molecule has 1 amide bonds. The zero-order chi connectivity index (χ0) is 15.8. The summed E-state index contributed by atoms with van der Waals surface area (Å²) in [6.45, 7) is 0. The molecule has 0 heterocycles. The van der Waals surface area contributed by atoms with Crippen molar-refractivity contribution in [2.45, 2.75) is 55.9 Å². The van der Waals surface area contributed by atoms with Crippen molar-refractivity contribution in [3.8, 4) is 0 Å². The van der Waals surface area contributed by atoms with E-state index in [-0.39, 0.29) is 12.8 Å². The largest absolute Gasteiger partial charge is 0.460 e. The van der Waals surface area contributed by atoms with Gasteiger partial charge in [0.25, 0.3) is 5.91 Å². The van der Waals surface area contributed by atoms with E-state index < -0.39 is 36.1 Å². The van der Waals surface area contributed by atoms with E-state index in [4.69, 9.17) is 0 Å². The third-order valence-electron chi connectivity index (χ3n) is 3.08. The lowest BCUT2D eigenvalue weighted by Crippen LogP contribution is -2.61. The van der Waals surface area contributed by atoms with Gasteiger partial charge in [0.1, 0.15) is 0 Å². The Morgan fingerprint density at radius 3 is 1.95 bits per heavy atom. The van der Waals surface area contributed by atoms with Gasteiger partial charge in [-0.3, -0.25) is 4.79 Å². The van der Waals surface area contributed by atoms with Crippen molar-refractivity contribution < 1.29 is 40.6 Å². The Hall–Kier alpha value is -1.06. The van der Waals surface area contributed by atoms with Crippen molar-refractivity contribution in [3.05, 3.63) is 0 Å². The summed E-state index contributed by atoms with van der Waals surface area (Å²) in [6, 6.07) is -1.26. The summed E-state index contributed by atoms with van der Waals surface area (Å²) in [4.78, 5) is 11.0. The Labute approximate surface area is 109 Å². The van der Waals surface area contributed by atoms with Gasteiger partial charge in [0.05, 0.1) is 12.1 Å². The van der Waals surface area contributed by atoms with E-state index in [0.717, 1.165) is 0 Å². The smallest absolute Gasteiger partial charge is 0.391 e. The lowest BCUT2D eigenvalue weighted by Gasteiger charge is -2.32. The Kier molecular flexibility index (Phi) is 4.57. The van der Waals surface area contributed by atoms with Crippen LogP contribution in [0.1, 0.15) is 25.7 Å². The SMILES string of the molecule is O=C(NC1CCCCC1O)C(F)(F)C(F)(F)C(F)(F)F. The fraction of sp³-hybridized carbons (Fsp3) is 0.900. The molecule has 0 bridgehead atoms. The number of hydrogen-bond acceptors (Lipinski definition) is 2. The summed E-state index contributed by atoms with van der Waals surface area (Å²) in [7, 11) is 0. The molecule has 1 aliphatic carbocycles. The predicted octanol–water partition coefficient (Wildman–Crippen LogP) is 2.24. The highest BCUT2D eigenvalue weighted by atomic mass is 19.4. The number of halogens is 7. The van der Waals surface area contributed by atoms with Crippen molar-refractivity contribution in [3.63, 3.8) is 0 Å². The summed E-state index contributed by atoms with van der Waals surface area (Å²) < 4.78 is 86.9. The number of aliphatic hydroxyl groups is 1. The second kappa shape index (κ2) is 5.38. The molecule has 0 aromatic heterocycles. The molecule has 2 atom stereocenters. The van der Waals surface area contributed by atoms with E-state index in [0.29, 0.717) is 12.8 Å². The lowest BCUT2D eigenvalue weighted by atomic mass is 9.92. The van der Waals surface area contributed by atoms with Gasteiger partial charge in [-0.2, -0.15) is 30.7 Å². The van der Waals surface area contributed by atoms with E-state index >= 15 is 0 Å². The normalized spacial score (nSPS) is 25.4. The monoisotopic (exact) mass is 311 g/mol. The molecule has 1 aliphatic rings. The second-order valence-corrected chi connectivity index (χ2v) is 4.58. The van der Waals surface area contributed by atoms with E-state index in [1.54, 1.807) is 0 Å². The van der Waals surface area contributed by atoms with Crippen molar-refractivity contribution in [2.24, 2.45) is 0 Å². The molecule has 2 N–H and O–H groups in total. The molecule has 2 unspecified atom stereocenters. The zero-order valence-corrected chi connectivity index (χ0v) is 9.98. The second-order valence-electron chi connectivity index (χ2n) is 4.58. The summed E-state index contributed by atoms with van der Waals surface area (Å²) >= 11 is 0. The Morgan fingerprint density at radius 2 is 1.50 bits per heavy atom. The van der Waals surface area contributed by atoms with Gasteiger partial charge in [0, 0.05) is 0 Å². The van der Waals surface area contributed by atoms with Crippen LogP contribution in [0.4, 0.5) is 30.7 Å². The molecule has 1 fully saturated rings. The molecule has 0 aromatic carbocycles. The van der Waals surface area contributed by atoms with E-state index in [1.807, 2.05) is 0 Å². The first-order chi connectivity index (χ1) is 8.91. The molecule has 20 heavy (non-hydrogen) atoms. The Balaban J connectivity index is 2.84. The highest BCUT2D eigenvalue weighted by Crippen LogP contribution is 2.46. The molecular formula is C10H12F7NO2. The van der Waals surface area contributed by atoms with Gasteiger partial charge >= 0.3 is 18.0 Å². The minimum absolute atomic E-state index is 0.0283. The maximum Gasteiger partial charge on any atom is 0.460 e. The number of alkyl halides is 7. The topological polar surface area (TPSA) is 49.3 Å². The molecule has 118 valence electrons. The van der Waals surface area contributed by atoms with Crippen LogP contribution in [0.3, 0.4) is 0 Å². The van der Waals surface area contributed by atoms with Gasteiger partial charge in [-0.1, -0.05) is 12.8 Å². The zero-order valence-electron chi connectivity index (χ0n) is 9.98. The van der Waals surface area contributed by atoms with Crippen LogP contribution in [0, 0.1) is 0 Å². The number of nitrogens with one attached hydrogen (secondary N) is 1. The number of carbonyl (C=O) groups excluding carboxylic acids is 1. The standard InChI is InChI=1S/C10H12F7NO2/c11-8(12,9(13,14)10(15,16)17)7(20)18-5-3-1-2-4-6(5)19/h5-6,19H,1-4H2,(H,18,20). The fourth-order valence-electron chi connectivity index (χ4n) is 1.86. The summed E-state index contributed by atoms with van der Waals surface area (Å²) in [5.74, 6) is -15.2. The number of amides is 1. The molecule has 1 rings (SSSR count). The highest BCUT2D eigenvalue weighted by molar-refractivity contribution is 5.85. The van der Waals surface area contributed by atoms with Crippen LogP contribution in [0.25, 0.3) is 0 Å². The number of aliphatic hydroxyl groups excluding tert-OH is 1. The van der Waals surface area contributed by atoms with Crippen LogP contribution >= 0.6 is 0 Å². The lowest BCUT2D eigenvalue weighted by molar-refractivity contribution is -0.344. The fourth-order valence-corrected chi connectivity index (χ4v) is 1.86. The molecule has 1 saturated carbocycles. The predicted molar refractivity (Wildman–Crippen MR) is 52.4 cm³/mol. The molecule has 0 aliphatic heterocycles. The number of rotatable bonds is 3. The number of carbonyl (C=O) groups is 1. The van der Waals surface area contributed by atoms with Crippen LogP contribution in [-0.2, 0) is 4.79 Å². The third kappa shape index (κ3) is 2.99. The highest BCUT2D eigenvalue weighted by Gasteiger charge is 2.76. The Morgan fingerprint density at radius 1 is 1.00 bits per heavy atom. The molecule has 0 radical (unpaired) electrons. The van der Waals surface area contributed by atoms with Crippen LogP contribution in [0.2, 0.25) is 0 Å². The first-order valence-electron chi connectivity index (χ1n) is 5.72. The molecular weight excluding hydrogens is 299 g/mol. The van der Waals surface area contributed by atoms with Gasteiger partial charge in [0.2, 0.25) is 0 Å². The molecule has 10 heteroatoms. The van der Waals surface area contributed by atoms with Crippen LogP contribution in [0.5, 0.6) is 0 Å². The number of hydrogen-bond donors (Lipinski definition) is 2. The molecule has 0 aromatic rings. The summed E-state index contributed by atoms with van der Waals surface area (Å²) in [5, 5.41) is 10.7. The average molecular weight is 311 g/mol. The average Bonchev–Trinajstić information content (AvgIpc) is 2.30.